The maximum Gasteiger partial charge on any atom is 0.314 e. The first kappa shape index (κ1) is 80.3. The van der Waals surface area contributed by atoms with Gasteiger partial charge in [0.1, 0.15) is 34.9 Å². The molecular weight excluding hydrogens is 1460 g/mol. The number of hydrogen-bond acceptors (Lipinski definition) is 11. The number of rotatable bonds is 20. The number of carbonyl (C=O) groups excluding carboxylic acids is 4. The summed E-state index contributed by atoms with van der Waals surface area (Å²) in [5.41, 5.74) is -3.42. The molecule has 0 aliphatic carbocycles. The van der Waals surface area contributed by atoms with Crippen molar-refractivity contribution in [1.82, 2.24) is 29.5 Å². The second-order valence-corrected chi connectivity index (χ2v) is 31.8. The van der Waals surface area contributed by atoms with Gasteiger partial charge in [0.05, 0.1) is 46.3 Å². The molecule has 6 aromatic rings. The quantitative estimate of drug-likeness (QED) is 0.0395. The molecule has 574 valence electrons. The minimum absolute atomic E-state index is 0.0958. The first-order chi connectivity index (χ1) is 50.0. The molecule has 6 heterocycles. The number of allylic oxidation sites excluding steroid dienone is 3. The highest BCUT2D eigenvalue weighted by Crippen LogP contribution is 2.50. The van der Waals surface area contributed by atoms with Crippen molar-refractivity contribution < 1.29 is 88.7 Å². The second-order valence-electron chi connectivity index (χ2n) is 28.3. The van der Waals surface area contributed by atoms with Crippen molar-refractivity contribution in [1.29, 1.82) is 0 Å². The van der Waals surface area contributed by atoms with Gasteiger partial charge in [-0.2, -0.15) is 26.3 Å². The third-order valence-corrected chi connectivity index (χ3v) is 21.9. The molecule has 31 heteroatoms. The van der Waals surface area contributed by atoms with Crippen LogP contribution in [-0.2, 0) is 42.6 Å². The fraction of sp³-hybridized carbons (Fsp3) is 0.395. The van der Waals surface area contributed by atoms with Crippen LogP contribution < -0.4 is 30.7 Å². The van der Waals surface area contributed by atoms with Gasteiger partial charge in [-0.15, -0.1) is 0 Å². The summed E-state index contributed by atoms with van der Waals surface area (Å²) in [6.45, 7) is 16.8. The lowest BCUT2D eigenvalue weighted by molar-refractivity contribution is -0.120. The van der Waals surface area contributed by atoms with Gasteiger partial charge in [0.2, 0.25) is 26.0 Å². The summed E-state index contributed by atoms with van der Waals surface area (Å²) in [7, 11) is -6.89. The van der Waals surface area contributed by atoms with Gasteiger partial charge in [-0.05, 0) is 224 Å². The number of carbonyl (C=O) groups is 4. The van der Waals surface area contributed by atoms with Gasteiger partial charge >= 0.3 is 17.8 Å². The van der Waals surface area contributed by atoms with Crippen molar-refractivity contribution in [3.8, 4) is 0 Å². The topological polar surface area (TPSA) is 218 Å². The number of sulfonamides is 2. The van der Waals surface area contributed by atoms with Crippen LogP contribution in [0.15, 0.2) is 146 Å². The fourth-order valence-electron chi connectivity index (χ4n) is 15.5. The number of benzene rings is 6. The zero-order valence-corrected chi connectivity index (χ0v) is 60.8. The Balaban J connectivity index is 0.000000172. The number of piperidine rings is 3. The van der Waals surface area contributed by atoms with Crippen LogP contribution in [0.2, 0.25) is 0 Å². The van der Waals surface area contributed by atoms with Crippen LogP contribution in [0.25, 0.3) is 0 Å². The maximum atomic E-state index is 15.6. The number of nitrogens with one attached hydrogen (secondary N) is 6. The van der Waals surface area contributed by atoms with E-state index < -0.39 is 124 Å². The lowest BCUT2D eigenvalue weighted by Gasteiger charge is -2.43. The molecule has 6 aliphatic rings. The molecular formula is C76H81F12N9O8S2. The standard InChI is InChI=1S/C26H27F4N3O2.2C25H27F4N3O3S/c1-14-10-18(5-9-23(14)27)32-25(35)17-4-8-24(28)22(11-17)26(29,30)15(2)33-20-6-7-21(33)13-19(12-20)31-16(3)34;2*1-14-10-17(5-9-22(14)26)30-24(33)16-4-8-23(27)21(11-16)25(28,29)15(2)32-19-6-7-20(32)13-18(12-19)31-36(3,34)35/h4-5,8-11,19-21H,2,6-7,12-13H2,1,3H3,(H,31,34)(H,32,35);2*4-5,8-11,18-20,31H,2,6-7,12-13H2,1,3H3,(H,30,33)/t19?,20-,21+;2*18?,19-,20+. The number of fused-ring (bicyclic) bond motifs is 6. The van der Waals surface area contributed by atoms with E-state index in [2.05, 4.69) is 50.4 Å². The summed E-state index contributed by atoms with van der Waals surface area (Å²) in [5, 5.41) is 10.4. The van der Waals surface area contributed by atoms with Crippen LogP contribution in [0.3, 0.4) is 0 Å². The highest BCUT2D eigenvalue weighted by Gasteiger charge is 2.53. The molecule has 6 aromatic carbocycles. The fourth-order valence-corrected chi connectivity index (χ4v) is 17.1. The molecule has 0 saturated carbocycles. The van der Waals surface area contributed by atoms with Crippen molar-refractivity contribution in [2.75, 3.05) is 28.5 Å². The van der Waals surface area contributed by atoms with Crippen molar-refractivity contribution in [2.24, 2.45) is 0 Å². The predicted molar refractivity (Wildman–Crippen MR) is 380 cm³/mol. The number of halogens is 12. The summed E-state index contributed by atoms with van der Waals surface area (Å²) < 4.78 is 230. The lowest BCUT2D eigenvalue weighted by atomic mass is 9.94. The number of anilines is 3. The smallest absolute Gasteiger partial charge is 0.314 e. The first-order valence-electron chi connectivity index (χ1n) is 34.4. The first-order valence-corrected chi connectivity index (χ1v) is 38.2. The Morgan fingerprint density at radius 2 is 0.617 bits per heavy atom. The average molecular weight is 1540 g/mol. The summed E-state index contributed by atoms with van der Waals surface area (Å²) in [6, 6.07) is 17.2. The minimum Gasteiger partial charge on any atom is -0.364 e. The summed E-state index contributed by atoms with van der Waals surface area (Å²) >= 11 is 0. The van der Waals surface area contributed by atoms with Crippen molar-refractivity contribution in [3.05, 3.63) is 231 Å². The van der Waals surface area contributed by atoms with E-state index in [0.717, 1.165) is 67.1 Å². The van der Waals surface area contributed by atoms with Crippen molar-refractivity contribution in [2.45, 2.75) is 177 Å². The predicted octanol–water partition coefficient (Wildman–Crippen LogP) is 14.6. The zero-order chi connectivity index (χ0) is 78.3. The number of aryl methyl sites for hydroxylation is 3. The third kappa shape index (κ3) is 18.3. The van der Waals surface area contributed by atoms with Gasteiger partial charge in [0, 0.05) is 95.1 Å². The van der Waals surface area contributed by atoms with Crippen LogP contribution in [0.4, 0.5) is 69.7 Å². The van der Waals surface area contributed by atoms with Crippen molar-refractivity contribution >= 4 is 60.7 Å². The number of alkyl halides is 6. The molecule has 6 aliphatic heterocycles. The number of amides is 4. The van der Waals surface area contributed by atoms with Gasteiger partial charge in [-0.25, -0.2) is 52.6 Å². The third-order valence-electron chi connectivity index (χ3n) is 20.3. The molecule has 6 fully saturated rings. The molecule has 0 aromatic heterocycles. The highest BCUT2D eigenvalue weighted by molar-refractivity contribution is 7.89. The van der Waals surface area contributed by atoms with Gasteiger partial charge in [-0.1, -0.05) is 19.7 Å². The molecule has 6 saturated heterocycles. The molecule has 107 heavy (non-hydrogen) atoms. The van der Waals surface area contributed by atoms with E-state index in [9.17, 15) is 62.4 Å². The van der Waals surface area contributed by atoms with Gasteiger partial charge in [0.15, 0.2) is 0 Å². The summed E-state index contributed by atoms with van der Waals surface area (Å²) in [5.74, 6) is -18.7. The van der Waals surface area contributed by atoms with E-state index in [-0.39, 0.29) is 94.0 Å². The number of nitrogens with zero attached hydrogens (tertiary/aromatic N) is 3. The van der Waals surface area contributed by atoms with E-state index >= 15 is 26.3 Å². The molecule has 17 nitrogen and oxygen atoms in total. The zero-order valence-electron chi connectivity index (χ0n) is 59.2. The van der Waals surface area contributed by atoms with Crippen molar-refractivity contribution in [3.63, 3.8) is 0 Å². The Morgan fingerprint density at radius 3 is 0.841 bits per heavy atom. The van der Waals surface area contributed by atoms with E-state index in [1.54, 1.807) is 4.90 Å². The molecule has 0 spiro atoms. The molecule has 4 amide bonds. The largest absolute Gasteiger partial charge is 0.364 e. The Morgan fingerprint density at radius 1 is 0.383 bits per heavy atom. The van der Waals surface area contributed by atoms with Gasteiger partial charge in [0.25, 0.3) is 17.7 Å². The van der Waals surface area contributed by atoms with E-state index in [1.165, 1.54) is 92.1 Å². The normalized spacial score (nSPS) is 21.8. The SMILES string of the molecule is C=C(N1[C@@H]2CC[C@H]1CC(NC(C)=O)C2)C(F)(F)c1cc(C(=O)Nc2ccc(F)c(C)c2)ccc1F.C=C(N1[C@@H]2CC[C@H]1CC(NS(C)(=O)=O)C2)C(F)(F)c1cc(C(=O)Nc2ccc(F)c(C)c2)ccc1F.C=C(N1[C@@H]2CC[C@H]1CC(NS(C)(=O)=O)C2)C(F)(F)c1cc(C(=O)Nc2ccc(F)c(C)c2)ccc1F. The van der Waals surface area contributed by atoms with Crippen LogP contribution >= 0.6 is 0 Å². The average Bonchev–Trinajstić information content (AvgIpc) is 1.71. The van der Waals surface area contributed by atoms with Crippen LogP contribution in [0.1, 0.15) is 148 Å². The monoisotopic (exact) mass is 1540 g/mol. The minimum atomic E-state index is -3.81. The van der Waals surface area contributed by atoms with Crippen LogP contribution in [-0.4, -0.2) is 122 Å². The van der Waals surface area contributed by atoms with E-state index in [0.29, 0.717) is 93.7 Å². The van der Waals surface area contributed by atoms with E-state index in [1.807, 2.05) is 0 Å². The molecule has 6 N–H and O–H groups in total. The van der Waals surface area contributed by atoms with Crippen LogP contribution in [0.5, 0.6) is 0 Å². The summed E-state index contributed by atoms with van der Waals surface area (Å²) in [6.07, 6.45) is 8.16. The lowest BCUT2D eigenvalue weighted by Crippen LogP contribution is -2.51. The molecule has 0 radical (unpaired) electrons. The van der Waals surface area contributed by atoms with Gasteiger partial charge < -0.3 is 36.0 Å². The Kier molecular flexibility index (Phi) is 23.7. The number of hydrogen-bond donors (Lipinski definition) is 6. The Hall–Kier alpha value is -9.20. The molecule has 6 bridgehead atoms. The molecule has 12 rings (SSSR count). The molecule has 3 unspecified atom stereocenters. The Labute approximate surface area is 612 Å². The second kappa shape index (κ2) is 31.6. The van der Waals surface area contributed by atoms with Crippen LogP contribution in [0, 0.1) is 55.7 Å². The van der Waals surface area contributed by atoms with Gasteiger partial charge in [-0.3, -0.25) is 19.2 Å². The maximum absolute atomic E-state index is 15.6. The molecule has 9 atom stereocenters. The Bertz CT molecular complexity index is 4500. The highest BCUT2D eigenvalue weighted by atomic mass is 32.2. The summed E-state index contributed by atoms with van der Waals surface area (Å²) in [4.78, 5) is 54.0. The van der Waals surface area contributed by atoms with E-state index in [4.69, 9.17) is 0 Å².